The lowest BCUT2D eigenvalue weighted by molar-refractivity contribution is -0.141. The summed E-state index contributed by atoms with van der Waals surface area (Å²) in [4.78, 5) is 30.4. The molecule has 1 saturated carbocycles. The van der Waals surface area contributed by atoms with Gasteiger partial charge in [-0.1, -0.05) is 29.3 Å². The van der Waals surface area contributed by atoms with Crippen LogP contribution in [-0.2, 0) is 6.18 Å². The molecule has 0 aliphatic heterocycles. The Morgan fingerprint density at radius 2 is 1.87 bits per heavy atom. The molecule has 4 aromatic rings. The van der Waals surface area contributed by atoms with E-state index in [0.29, 0.717) is 27.1 Å². The number of aromatic nitrogens is 3. The van der Waals surface area contributed by atoms with Crippen molar-refractivity contribution in [1.82, 2.24) is 20.1 Å². The Labute approximate surface area is 223 Å². The lowest BCUT2D eigenvalue weighted by Crippen LogP contribution is -2.27. The van der Waals surface area contributed by atoms with Gasteiger partial charge in [-0.3, -0.25) is 9.59 Å². The first kappa shape index (κ1) is 25.5. The number of amides is 2. The number of carbonyl (C=O) groups is 2. The van der Waals surface area contributed by atoms with Crippen molar-refractivity contribution in [2.24, 2.45) is 0 Å². The van der Waals surface area contributed by atoms with E-state index in [4.69, 9.17) is 23.2 Å². The first-order chi connectivity index (χ1) is 18.1. The molecule has 2 aromatic heterocycles. The first-order valence-electron chi connectivity index (χ1n) is 11.1. The van der Waals surface area contributed by atoms with Gasteiger partial charge in [-0.2, -0.15) is 23.5 Å². The molecule has 1 aliphatic carbocycles. The highest BCUT2D eigenvalue weighted by atomic mass is 35.5. The van der Waals surface area contributed by atoms with Crippen LogP contribution in [0.5, 0.6) is 0 Å². The molecule has 0 unspecified atom stereocenters. The molecule has 5 rings (SSSR count). The molecule has 2 heterocycles. The molecule has 192 valence electrons. The lowest BCUT2D eigenvalue weighted by Gasteiger charge is -2.16. The van der Waals surface area contributed by atoms with Gasteiger partial charge in [-0.15, -0.1) is 0 Å². The summed E-state index contributed by atoms with van der Waals surface area (Å²) in [6.45, 7) is 0. The van der Waals surface area contributed by atoms with E-state index in [1.165, 1.54) is 36.5 Å². The van der Waals surface area contributed by atoms with Crippen molar-refractivity contribution >= 4 is 51.5 Å². The normalized spacial score (nSPS) is 13.3. The molecule has 38 heavy (non-hydrogen) atoms. The summed E-state index contributed by atoms with van der Waals surface area (Å²) >= 11 is 12.7. The molecule has 13 heteroatoms. The number of hydrogen-bond donors (Lipinski definition) is 2. The smallest absolute Gasteiger partial charge is 0.349 e. The van der Waals surface area contributed by atoms with Crippen molar-refractivity contribution < 1.29 is 22.8 Å². The van der Waals surface area contributed by atoms with Crippen molar-refractivity contribution in [1.29, 1.82) is 5.26 Å². The van der Waals surface area contributed by atoms with Gasteiger partial charge >= 0.3 is 6.18 Å². The standard InChI is InChI=1S/C25H15Cl2F3N6O2/c26-17-2-1-7-32-22(17)36-18(10-19(35-36)25(28,29)30)24(38)34-21-16(23(37)33-14-4-5-14)9-13-8-12(11-31)3-6-15(13)20(21)27/h1-3,6-10,14H,4-5H2,(H,33,37)(H,34,38). The van der Waals surface area contributed by atoms with Crippen LogP contribution in [0.4, 0.5) is 18.9 Å². The minimum atomic E-state index is -4.87. The van der Waals surface area contributed by atoms with Gasteiger partial charge in [0, 0.05) is 23.7 Å². The van der Waals surface area contributed by atoms with Gasteiger partial charge in [-0.25, -0.2) is 9.67 Å². The second-order valence-electron chi connectivity index (χ2n) is 8.50. The average molecular weight is 559 g/mol. The zero-order chi connectivity index (χ0) is 27.2. The van der Waals surface area contributed by atoms with Gasteiger partial charge in [0.1, 0.15) is 5.69 Å². The molecular formula is C25H15Cl2F3N6O2. The number of nitrogens with one attached hydrogen (secondary N) is 2. The fourth-order valence-electron chi connectivity index (χ4n) is 3.78. The van der Waals surface area contributed by atoms with Gasteiger partial charge in [0.2, 0.25) is 0 Å². The van der Waals surface area contributed by atoms with Gasteiger partial charge in [0.25, 0.3) is 11.8 Å². The third kappa shape index (κ3) is 4.88. The number of nitrogens with zero attached hydrogens (tertiary/aromatic N) is 4. The summed E-state index contributed by atoms with van der Waals surface area (Å²) in [6, 6.07) is 11.4. The third-order valence-corrected chi connectivity index (χ3v) is 6.46. The molecule has 2 N–H and O–H groups in total. The summed E-state index contributed by atoms with van der Waals surface area (Å²) in [5, 5.41) is 18.9. The predicted molar refractivity (Wildman–Crippen MR) is 133 cm³/mol. The average Bonchev–Trinajstić information content (AvgIpc) is 3.57. The second-order valence-corrected chi connectivity index (χ2v) is 9.28. The van der Waals surface area contributed by atoms with Crippen LogP contribution in [0, 0.1) is 11.3 Å². The van der Waals surface area contributed by atoms with Crippen LogP contribution in [-0.4, -0.2) is 32.6 Å². The monoisotopic (exact) mass is 558 g/mol. The summed E-state index contributed by atoms with van der Waals surface area (Å²) in [5.41, 5.74) is -1.68. The van der Waals surface area contributed by atoms with Crippen LogP contribution in [0.15, 0.2) is 48.7 Å². The number of alkyl halides is 3. The summed E-state index contributed by atoms with van der Waals surface area (Å²) in [6.07, 6.45) is -2.00. The van der Waals surface area contributed by atoms with E-state index >= 15 is 0 Å². The van der Waals surface area contributed by atoms with E-state index in [1.54, 1.807) is 6.07 Å². The van der Waals surface area contributed by atoms with Gasteiger partial charge in [0.15, 0.2) is 11.5 Å². The van der Waals surface area contributed by atoms with Crippen molar-refractivity contribution in [3.63, 3.8) is 0 Å². The fraction of sp³-hybridized carbons (Fsp3) is 0.160. The molecule has 0 saturated heterocycles. The second kappa shape index (κ2) is 9.63. The van der Waals surface area contributed by atoms with E-state index in [-0.39, 0.29) is 33.2 Å². The van der Waals surface area contributed by atoms with Crippen LogP contribution in [0.25, 0.3) is 16.6 Å². The Hall–Kier alpha value is -4.14. The highest BCUT2D eigenvalue weighted by Gasteiger charge is 2.37. The molecule has 2 amide bonds. The largest absolute Gasteiger partial charge is 0.435 e. The number of benzene rings is 2. The number of halogens is 5. The van der Waals surface area contributed by atoms with Crippen LogP contribution in [0.3, 0.4) is 0 Å². The van der Waals surface area contributed by atoms with Crippen molar-refractivity contribution in [3.8, 4) is 11.9 Å². The summed E-state index contributed by atoms with van der Waals surface area (Å²) < 4.78 is 41.3. The maximum atomic E-state index is 13.5. The molecule has 0 atom stereocenters. The number of anilines is 1. The van der Waals surface area contributed by atoms with Crippen LogP contribution in [0.2, 0.25) is 10.0 Å². The highest BCUT2D eigenvalue weighted by molar-refractivity contribution is 6.40. The Balaban J connectivity index is 1.63. The number of fused-ring (bicyclic) bond motifs is 1. The Bertz CT molecular complexity index is 1660. The predicted octanol–water partition coefficient (Wildman–Crippen LogP) is 5.76. The molecular weight excluding hydrogens is 544 g/mol. The first-order valence-corrected chi connectivity index (χ1v) is 11.9. The number of pyridine rings is 1. The van der Waals surface area contributed by atoms with E-state index in [9.17, 15) is 28.0 Å². The minimum Gasteiger partial charge on any atom is -0.349 e. The minimum absolute atomic E-state index is 0.0178. The summed E-state index contributed by atoms with van der Waals surface area (Å²) in [7, 11) is 0. The fourth-order valence-corrected chi connectivity index (χ4v) is 4.30. The Morgan fingerprint density at radius 1 is 1.11 bits per heavy atom. The molecule has 1 fully saturated rings. The third-order valence-electron chi connectivity index (χ3n) is 5.77. The molecule has 0 spiro atoms. The van der Waals surface area contributed by atoms with Gasteiger partial charge in [-0.05, 0) is 48.6 Å². The van der Waals surface area contributed by atoms with E-state index < -0.39 is 29.4 Å². The molecule has 1 aliphatic rings. The zero-order valence-electron chi connectivity index (χ0n) is 19.1. The number of hydrogen-bond acceptors (Lipinski definition) is 5. The molecule has 0 radical (unpaired) electrons. The van der Waals surface area contributed by atoms with Crippen LogP contribution >= 0.6 is 23.2 Å². The number of rotatable bonds is 5. The van der Waals surface area contributed by atoms with Crippen molar-refractivity contribution in [2.45, 2.75) is 25.1 Å². The van der Waals surface area contributed by atoms with Crippen molar-refractivity contribution in [2.75, 3.05) is 5.32 Å². The van der Waals surface area contributed by atoms with Crippen LogP contribution in [0.1, 0.15) is 44.9 Å². The summed E-state index contributed by atoms with van der Waals surface area (Å²) in [5.74, 6) is -1.77. The van der Waals surface area contributed by atoms with E-state index in [1.807, 2.05) is 6.07 Å². The van der Waals surface area contributed by atoms with Crippen molar-refractivity contribution in [3.05, 3.63) is 81.2 Å². The Morgan fingerprint density at radius 3 is 2.53 bits per heavy atom. The van der Waals surface area contributed by atoms with Gasteiger partial charge in [0.05, 0.1) is 32.9 Å². The quantitative estimate of drug-likeness (QED) is 0.323. The number of carbonyl (C=O) groups excluding carboxylic acids is 2. The lowest BCUT2D eigenvalue weighted by atomic mass is 10.0. The van der Waals surface area contributed by atoms with E-state index in [0.717, 1.165) is 12.8 Å². The molecule has 0 bridgehead atoms. The Kier molecular flexibility index (Phi) is 6.46. The highest BCUT2D eigenvalue weighted by Crippen LogP contribution is 2.37. The zero-order valence-corrected chi connectivity index (χ0v) is 20.6. The maximum absolute atomic E-state index is 13.5. The molecule has 2 aromatic carbocycles. The number of nitriles is 1. The van der Waals surface area contributed by atoms with Gasteiger partial charge < -0.3 is 10.6 Å². The SMILES string of the molecule is N#Cc1ccc2c(Cl)c(NC(=O)c3cc(C(F)(F)F)nn3-c3ncccc3Cl)c(C(=O)NC3CC3)cc2c1. The van der Waals surface area contributed by atoms with Crippen LogP contribution < -0.4 is 10.6 Å². The van der Waals surface area contributed by atoms with E-state index in [2.05, 4.69) is 20.7 Å². The maximum Gasteiger partial charge on any atom is 0.435 e. The topological polar surface area (TPSA) is 113 Å². The molecule has 8 nitrogen and oxygen atoms in total.